The fourth-order valence-electron chi connectivity index (χ4n) is 3.02. The zero-order valence-corrected chi connectivity index (χ0v) is 16.7. The van der Waals surface area contributed by atoms with Gasteiger partial charge in [-0.1, -0.05) is 66.7 Å². The summed E-state index contributed by atoms with van der Waals surface area (Å²) in [4.78, 5) is 34.3. The lowest BCUT2D eigenvalue weighted by Crippen LogP contribution is -2.46. The van der Waals surface area contributed by atoms with Crippen LogP contribution in [0.2, 0.25) is 0 Å². The van der Waals surface area contributed by atoms with Gasteiger partial charge in [-0.25, -0.2) is 0 Å². The number of pyridine rings is 1. The van der Waals surface area contributed by atoms with E-state index >= 15 is 0 Å². The number of ether oxygens (including phenoxy) is 1. The van der Waals surface area contributed by atoms with Crippen molar-refractivity contribution < 1.29 is 4.74 Å². The van der Waals surface area contributed by atoms with Gasteiger partial charge in [0.15, 0.2) is 0 Å². The van der Waals surface area contributed by atoms with Crippen LogP contribution in [0.5, 0.6) is 5.75 Å². The molecule has 0 atom stereocenters. The van der Waals surface area contributed by atoms with Gasteiger partial charge >= 0.3 is 0 Å². The molecule has 0 bridgehead atoms. The highest BCUT2D eigenvalue weighted by atomic mass is 16.5. The summed E-state index contributed by atoms with van der Waals surface area (Å²) in [6, 6.07) is 23.1. The van der Waals surface area contributed by atoms with E-state index in [4.69, 9.17) is 4.74 Å². The SMILES string of the molecule is O=c1[nH]c(=Cc2ccc(OCc3ccccc3)cn2)c(=O)[nH]c1=CCc1ccccc1. The first-order valence-electron chi connectivity index (χ1n) is 9.88. The largest absolute Gasteiger partial charge is 0.487 e. The molecule has 0 unspecified atom stereocenters. The summed E-state index contributed by atoms with van der Waals surface area (Å²) in [5.41, 5.74) is 1.91. The van der Waals surface area contributed by atoms with E-state index < -0.39 is 0 Å². The Kier molecular flexibility index (Phi) is 6.18. The Hall–Kier alpha value is -4.19. The molecule has 0 radical (unpaired) electrons. The second-order valence-electron chi connectivity index (χ2n) is 6.97. The van der Waals surface area contributed by atoms with E-state index in [0.29, 0.717) is 24.5 Å². The van der Waals surface area contributed by atoms with Crippen LogP contribution in [0.3, 0.4) is 0 Å². The number of hydrogen-bond acceptors (Lipinski definition) is 4. The highest BCUT2D eigenvalue weighted by molar-refractivity contribution is 5.44. The normalized spacial score (nSPS) is 12.1. The lowest BCUT2D eigenvalue weighted by atomic mass is 10.1. The van der Waals surface area contributed by atoms with Crippen molar-refractivity contribution in [3.8, 4) is 5.75 Å². The van der Waals surface area contributed by atoms with Crippen LogP contribution in [0.4, 0.5) is 0 Å². The number of nitrogens with one attached hydrogen (secondary N) is 2. The van der Waals surface area contributed by atoms with Crippen molar-refractivity contribution in [3.63, 3.8) is 0 Å². The third-order valence-corrected chi connectivity index (χ3v) is 4.67. The van der Waals surface area contributed by atoms with Crippen molar-refractivity contribution in [2.45, 2.75) is 13.0 Å². The van der Waals surface area contributed by atoms with Crippen LogP contribution in [0, 0.1) is 0 Å². The van der Waals surface area contributed by atoms with Gasteiger partial charge < -0.3 is 14.7 Å². The van der Waals surface area contributed by atoms with E-state index in [-0.39, 0.29) is 21.8 Å². The molecule has 0 saturated heterocycles. The first-order valence-corrected chi connectivity index (χ1v) is 9.88. The van der Waals surface area contributed by atoms with E-state index in [2.05, 4.69) is 15.0 Å². The van der Waals surface area contributed by atoms with Crippen molar-refractivity contribution in [1.29, 1.82) is 0 Å². The monoisotopic (exact) mass is 411 g/mol. The molecule has 0 spiro atoms. The fraction of sp³-hybridized carbons (Fsp3) is 0.0800. The summed E-state index contributed by atoms with van der Waals surface area (Å²) in [7, 11) is 0. The Morgan fingerprint density at radius 2 is 1.42 bits per heavy atom. The number of hydrogen-bond donors (Lipinski definition) is 2. The minimum absolute atomic E-state index is 0.146. The lowest BCUT2D eigenvalue weighted by Gasteiger charge is -2.05. The summed E-state index contributed by atoms with van der Waals surface area (Å²) in [6.07, 6.45) is 5.37. The Labute approximate surface area is 178 Å². The van der Waals surface area contributed by atoms with Gasteiger partial charge in [0.1, 0.15) is 23.1 Å². The zero-order chi connectivity index (χ0) is 21.5. The molecule has 0 amide bonds. The van der Waals surface area contributed by atoms with E-state index in [1.165, 1.54) is 6.08 Å². The summed E-state index contributed by atoms with van der Waals surface area (Å²) in [5, 5.41) is 0.385. The van der Waals surface area contributed by atoms with Gasteiger partial charge in [-0.05, 0) is 35.8 Å². The molecule has 4 aromatic rings. The molecular formula is C25H21N3O3. The molecule has 6 heteroatoms. The minimum atomic E-state index is -0.384. The van der Waals surface area contributed by atoms with Gasteiger partial charge in [-0.2, -0.15) is 0 Å². The van der Waals surface area contributed by atoms with E-state index in [1.54, 1.807) is 24.4 Å². The van der Waals surface area contributed by atoms with Crippen LogP contribution in [0.25, 0.3) is 12.2 Å². The average Bonchev–Trinajstić information content (AvgIpc) is 2.81. The fourth-order valence-corrected chi connectivity index (χ4v) is 3.02. The molecule has 0 aliphatic rings. The summed E-state index contributed by atoms with van der Waals surface area (Å²) in [5.74, 6) is 0.620. The average molecular weight is 411 g/mol. The van der Waals surface area contributed by atoms with Crippen LogP contribution >= 0.6 is 0 Å². The van der Waals surface area contributed by atoms with E-state index in [1.807, 2.05) is 60.7 Å². The molecular weight excluding hydrogens is 390 g/mol. The van der Waals surface area contributed by atoms with Gasteiger partial charge in [0.25, 0.3) is 11.1 Å². The predicted octanol–water partition coefficient (Wildman–Crippen LogP) is 1.89. The summed E-state index contributed by atoms with van der Waals surface area (Å²) in [6.45, 7) is 0.444. The first-order chi connectivity index (χ1) is 15.2. The molecule has 0 saturated carbocycles. The van der Waals surface area contributed by atoms with Gasteiger partial charge in [0.2, 0.25) is 0 Å². The van der Waals surface area contributed by atoms with Crippen molar-refractivity contribution in [2.24, 2.45) is 0 Å². The molecule has 0 fully saturated rings. The lowest BCUT2D eigenvalue weighted by molar-refractivity contribution is 0.305. The maximum Gasteiger partial charge on any atom is 0.272 e. The third kappa shape index (κ3) is 5.45. The number of benzene rings is 2. The molecule has 0 aliphatic heterocycles. The number of H-pyrrole nitrogens is 2. The standard InChI is InChI=1S/C25H21N3O3/c29-24-22(14-11-18-7-3-1-4-8-18)27-25(30)23(28-24)15-20-12-13-21(16-26-20)31-17-19-9-5-2-6-10-19/h1-10,12-16H,11,17H2,(H,27,30)(H,28,29). The number of nitrogens with zero attached hydrogens (tertiary/aromatic N) is 1. The molecule has 4 rings (SSSR count). The van der Waals surface area contributed by atoms with Gasteiger partial charge in [0, 0.05) is 0 Å². The van der Waals surface area contributed by atoms with Crippen LogP contribution in [0.1, 0.15) is 16.8 Å². The van der Waals surface area contributed by atoms with Crippen molar-refractivity contribution >= 4 is 12.2 Å². The molecule has 6 nitrogen and oxygen atoms in total. The van der Waals surface area contributed by atoms with Crippen molar-refractivity contribution in [1.82, 2.24) is 15.0 Å². The second-order valence-corrected chi connectivity index (χ2v) is 6.97. The third-order valence-electron chi connectivity index (χ3n) is 4.67. The van der Waals surface area contributed by atoms with E-state index in [0.717, 1.165) is 11.1 Å². The van der Waals surface area contributed by atoms with Crippen LogP contribution in [-0.4, -0.2) is 15.0 Å². The molecule has 2 aromatic carbocycles. The molecule has 2 aromatic heterocycles. The molecule has 31 heavy (non-hydrogen) atoms. The molecule has 2 N–H and O–H groups in total. The Morgan fingerprint density at radius 1 is 0.774 bits per heavy atom. The maximum absolute atomic E-state index is 12.4. The number of rotatable bonds is 6. The summed E-state index contributed by atoms with van der Waals surface area (Å²) >= 11 is 0. The number of aromatic amines is 2. The van der Waals surface area contributed by atoms with Crippen LogP contribution in [-0.2, 0) is 13.0 Å². The van der Waals surface area contributed by atoms with E-state index in [9.17, 15) is 9.59 Å². The minimum Gasteiger partial charge on any atom is -0.487 e. The topological polar surface area (TPSA) is 87.8 Å². The van der Waals surface area contributed by atoms with Gasteiger partial charge in [-0.3, -0.25) is 14.6 Å². The highest BCUT2D eigenvalue weighted by Gasteiger charge is 2.00. The van der Waals surface area contributed by atoms with Crippen molar-refractivity contribution in [2.75, 3.05) is 0 Å². The zero-order valence-electron chi connectivity index (χ0n) is 16.7. The Morgan fingerprint density at radius 3 is 2.10 bits per heavy atom. The van der Waals surface area contributed by atoms with Crippen LogP contribution in [0.15, 0.2) is 88.6 Å². The predicted molar refractivity (Wildman–Crippen MR) is 120 cm³/mol. The quantitative estimate of drug-likeness (QED) is 0.507. The smallest absolute Gasteiger partial charge is 0.272 e. The van der Waals surface area contributed by atoms with Gasteiger partial charge in [-0.15, -0.1) is 0 Å². The molecule has 2 heterocycles. The Bertz CT molecular complexity index is 1370. The molecule has 154 valence electrons. The highest BCUT2D eigenvalue weighted by Crippen LogP contribution is 2.12. The van der Waals surface area contributed by atoms with Crippen molar-refractivity contribution in [3.05, 3.63) is 127 Å². The van der Waals surface area contributed by atoms with Crippen LogP contribution < -0.4 is 26.6 Å². The summed E-state index contributed by atoms with van der Waals surface area (Å²) < 4.78 is 5.71. The molecule has 0 aliphatic carbocycles. The first kappa shape index (κ1) is 20.1. The Balaban J connectivity index is 1.51. The number of aromatic nitrogens is 3. The second kappa shape index (κ2) is 9.54. The maximum atomic E-state index is 12.4. The van der Waals surface area contributed by atoms with Gasteiger partial charge in [0.05, 0.1) is 11.9 Å².